The highest BCUT2D eigenvalue weighted by atomic mass is 19.3. The van der Waals surface area contributed by atoms with Crippen LogP contribution in [0.1, 0.15) is 64.4 Å². The highest BCUT2D eigenvalue weighted by molar-refractivity contribution is 5.59. The molecule has 1 aliphatic heterocycles. The van der Waals surface area contributed by atoms with Gasteiger partial charge >= 0.3 is 0 Å². The summed E-state index contributed by atoms with van der Waals surface area (Å²) in [5, 5.41) is 3.86. The summed E-state index contributed by atoms with van der Waals surface area (Å²) in [5.41, 5.74) is 2.05. The van der Waals surface area contributed by atoms with Crippen molar-refractivity contribution in [3.8, 4) is 0 Å². The summed E-state index contributed by atoms with van der Waals surface area (Å²) < 4.78 is 34.7. The molecular formula is C27H40F2N4O2. The molecule has 194 valence electrons. The highest BCUT2D eigenvalue weighted by Crippen LogP contribution is 2.70. The van der Waals surface area contributed by atoms with Crippen molar-refractivity contribution in [3.05, 3.63) is 48.0 Å². The molecule has 2 unspecified atom stereocenters. The topological polar surface area (TPSA) is 62.5 Å². The van der Waals surface area contributed by atoms with Crippen LogP contribution in [0.25, 0.3) is 5.70 Å². The van der Waals surface area contributed by atoms with Crippen molar-refractivity contribution in [2.45, 2.75) is 65.7 Å². The molecule has 0 spiro atoms. The molecular weight excluding hydrogens is 450 g/mol. The predicted molar refractivity (Wildman–Crippen MR) is 137 cm³/mol. The van der Waals surface area contributed by atoms with Crippen LogP contribution in [0.2, 0.25) is 0 Å². The lowest BCUT2D eigenvalue weighted by atomic mass is 9.90. The Morgan fingerprint density at radius 2 is 1.91 bits per heavy atom. The van der Waals surface area contributed by atoms with Crippen LogP contribution >= 0.6 is 0 Å². The van der Waals surface area contributed by atoms with Crippen molar-refractivity contribution in [1.82, 2.24) is 15.0 Å². The Balaban J connectivity index is 0.000000415. The SMILES string of the molecule is C=C(c1ccon1)N1CCC2(c3ccc(C)c(N(C)C)n3)C(C1)C2(F)F.CC=O.CCC(C)(C)C. The van der Waals surface area contributed by atoms with E-state index in [-0.39, 0.29) is 6.54 Å². The maximum atomic E-state index is 14.9. The van der Waals surface area contributed by atoms with Gasteiger partial charge in [-0.05, 0) is 37.3 Å². The second kappa shape index (κ2) is 10.9. The van der Waals surface area contributed by atoms with Gasteiger partial charge in [0.25, 0.3) is 5.92 Å². The lowest BCUT2D eigenvalue weighted by Gasteiger charge is -2.32. The maximum Gasteiger partial charge on any atom is 0.265 e. The number of anilines is 1. The Kier molecular flexibility index (Phi) is 8.84. The number of likely N-dealkylation sites (tertiary alicyclic amines) is 1. The van der Waals surface area contributed by atoms with Crippen molar-refractivity contribution in [2.24, 2.45) is 11.3 Å². The minimum atomic E-state index is -2.77. The minimum absolute atomic E-state index is 0.242. The molecule has 35 heavy (non-hydrogen) atoms. The summed E-state index contributed by atoms with van der Waals surface area (Å²) >= 11 is 0. The van der Waals surface area contributed by atoms with Gasteiger partial charge < -0.3 is 19.1 Å². The quantitative estimate of drug-likeness (QED) is 0.492. The number of piperidine rings is 1. The standard InChI is InChI=1S/C19H22F2N4O.C6H14.C2H4O/c1-12-5-6-16(22-17(12)24(3)4)18-8-9-25(11-15(18)19(18,20)21)13(2)14-7-10-26-23-14;1-5-6(2,3)4;1-2-3/h5-7,10,15H,2,8-9,11H2,1,3-4H3;5H2,1-4H3;2H,1H3. The molecule has 0 bridgehead atoms. The summed E-state index contributed by atoms with van der Waals surface area (Å²) in [6.07, 6.45) is 3.82. The first-order valence-electron chi connectivity index (χ1n) is 12.0. The van der Waals surface area contributed by atoms with E-state index in [1.165, 1.54) is 19.6 Å². The van der Waals surface area contributed by atoms with Crippen LogP contribution in [0.5, 0.6) is 0 Å². The van der Waals surface area contributed by atoms with Gasteiger partial charge in [-0.3, -0.25) is 0 Å². The average Bonchev–Trinajstić information content (AvgIpc) is 3.13. The molecule has 1 saturated heterocycles. The zero-order valence-corrected chi connectivity index (χ0v) is 22.4. The second-order valence-electron chi connectivity index (χ2n) is 10.6. The van der Waals surface area contributed by atoms with Crippen molar-refractivity contribution in [2.75, 3.05) is 32.1 Å². The van der Waals surface area contributed by atoms with Crippen LogP contribution in [0.15, 0.2) is 35.6 Å². The summed E-state index contributed by atoms with van der Waals surface area (Å²) in [4.78, 5) is 17.2. The Labute approximate surface area is 208 Å². The van der Waals surface area contributed by atoms with E-state index in [9.17, 15) is 8.78 Å². The molecule has 3 heterocycles. The molecule has 2 atom stereocenters. The van der Waals surface area contributed by atoms with Crippen molar-refractivity contribution in [3.63, 3.8) is 0 Å². The molecule has 2 aromatic heterocycles. The van der Waals surface area contributed by atoms with E-state index >= 15 is 0 Å². The van der Waals surface area contributed by atoms with Gasteiger partial charge in [0.2, 0.25) is 0 Å². The molecule has 0 aromatic carbocycles. The van der Waals surface area contributed by atoms with E-state index in [4.69, 9.17) is 9.32 Å². The molecule has 2 fully saturated rings. The van der Waals surface area contributed by atoms with Crippen LogP contribution in [0.4, 0.5) is 14.6 Å². The van der Waals surface area contributed by atoms with Gasteiger partial charge in [0.05, 0.1) is 22.7 Å². The van der Waals surface area contributed by atoms with Crippen LogP contribution in [-0.2, 0) is 10.2 Å². The van der Waals surface area contributed by atoms with Crippen LogP contribution in [0, 0.1) is 18.3 Å². The fourth-order valence-corrected chi connectivity index (χ4v) is 4.23. The third-order valence-electron chi connectivity index (χ3n) is 6.85. The number of rotatable bonds is 4. The van der Waals surface area contributed by atoms with E-state index in [2.05, 4.69) is 44.4 Å². The normalized spacial score (nSPS) is 22.0. The Morgan fingerprint density at radius 3 is 2.37 bits per heavy atom. The van der Waals surface area contributed by atoms with Gasteiger partial charge in [-0.15, -0.1) is 0 Å². The van der Waals surface area contributed by atoms with E-state index in [1.54, 1.807) is 12.1 Å². The Bertz CT molecular complexity index is 999. The maximum absolute atomic E-state index is 14.9. The highest BCUT2D eigenvalue weighted by Gasteiger charge is 2.82. The van der Waals surface area contributed by atoms with Gasteiger partial charge in [0.15, 0.2) is 0 Å². The molecule has 2 aromatic rings. The lowest BCUT2D eigenvalue weighted by molar-refractivity contribution is -0.106. The summed E-state index contributed by atoms with van der Waals surface area (Å²) in [6.45, 7) is 17.1. The number of hydrogen-bond donors (Lipinski definition) is 0. The van der Waals surface area contributed by atoms with Gasteiger partial charge in [0, 0.05) is 33.3 Å². The number of fused-ring (bicyclic) bond motifs is 1. The van der Waals surface area contributed by atoms with Crippen molar-refractivity contribution >= 4 is 17.8 Å². The zero-order valence-electron chi connectivity index (χ0n) is 22.4. The fraction of sp³-hybridized carbons (Fsp3) is 0.593. The Hall–Kier alpha value is -2.77. The van der Waals surface area contributed by atoms with Crippen LogP contribution in [-0.4, -0.2) is 54.4 Å². The first-order chi connectivity index (χ1) is 16.3. The summed E-state index contributed by atoms with van der Waals surface area (Å²) in [7, 11) is 3.76. The molecule has 1 aliphatic carbocycles. The molecule has 6 nitrogen and oxygen atoms in total. The number of hydrogen-bond acceptors (Lipinski definition) is 6. The molecule has 8 heteroatoms. The van der Waals surface area contributed by atoms with E-state index < -0.39 is 17.3 Å². The zero-order chi connectivity index (χ0) is 26.6. The smallest absolute Gasteiger partial charge is 0.265 e. The first-order valence-corrected chi connectivity index (χ1v) is 12.0. The third kappa shape index (κ3) is 5.90. The monoisotopic (exact) mass is 490 g/mol. The summed E-state index contributed by atoms with van der Waals surface area (Å²) in [6, 6.07) is 5.34. The third-order valence-corrected chi connectivity index (χ3v) is 6.85. The molecule has 1 saturated carbocycles. The number of alkyl halides is 2. The minimum Gasteiger partial charge on any atom is -0.370 e. The second-order valence-corrected chi connectivity index (χ2v) is 10.6. The van der Waals surface area contributed by atoms with Gasteiger partial charge in [-0.2, -0.15) is 0 Å². The summed E-state index contributed by atoms with van der Waals surface area (Å²) in [5.74, 6) is -2.79. The lowest BCUT2D eigenvalue weighted by Crippen LogP contribution is -2.35. The van der Waals surface area contributed by atoms with Gasteiger partial charge in [-0.25, -0.2) is 13.8 Å². The van der Waals surface area contributed by atoms with Crippen LogP contribution < -0.4 is 4.90 Å². The average molecular weight is 491 g/mol. The van der Waals surface area contributed by atoms with Gasteiger partial charge in [-0.1, -0.05) is 51.9 Å². The number of pyridine rings is 1. The largest absolute Gasteiger partial charge is 0.370 e. The van der Waals surface area contributed by atoms with Crippen LogP contribution in [0.3, 0.4) is 0 Å². The fourth-order valence-electron chi connectivity index (χ4n) is 4.23. The van der Waals surface area contributed by atoms with Gasteiger partial charge in [0.1, 0.15) is 24.1 Å². The molecule has 0 radical (unpaired) electrons. The number of halogens is 2. The number of carbonyl (C=O) groups is 1. The number of nitrogens with zero attached hydrogens (tertiary/aromatic N) is 4. The molecule has 2 aliphatic rings. The molecule has 0 N–H and O–H groups in total. The Morgan fingerprint density at radius 1 is 1.31 bits per heavy atom. The molecule has 0 amide bonds. The number of aromatic nitrogens is 2. The van der Waals surface area contributed by atoms with Crippen molar-refractivity contribution < 1.29 is 18.1 Å². The predicted octanol–water partition coefficient (Wildman–Crippen LogP) is 5.97. The van der Waals surface area contributed by atoms with E-state index in [0.717, 1.165) is 17.7 Å². The number of aryl methyl sites for hydroxylation is 1. The number of aldehydes is 1. The van der Waals surface area contributed by atoms with E-state index in [0.29, 0.717) is 35.5 Å². The first kappa shape index (κ1) is 28.5. The van der Waals surface area contributed by atoms with Crippen molar-refractivity contribution in [1.29, 1.82) is 0 Å². The van der Waals surface area contributed by atoms with E-state index in [1.807, 2.05) is 36.9 Å². The molecule has 4 rings (SSSR count). The number of carbonyl (C=O) groups excluding carboxylic acids is 1.